The third-order valence-corrected chi connectivity index (χ3v) is 2.22. The van der Waals surface area contributed by atoms with Crippen LogP contribution in [0.2, 0.25) is 10.2 Å². The topological polar surface area (TPSA) is 48.1 Å². The second kappa shape index (κ2) is 4.02. The van der Waals surface area contributed by atoms with Gasteiger partial charge in [-0.1, -0.05) is 29.8 Å². The van der Waals surface area contributed by atoms with E-state index < -0.39 is 5.82 Å². The summed E-state index contributed by atoms with van der Waals surface area (Å²) in [5, 5.41) is -0.418. The van der Waals surface area contributed by atoms with Crippen LogP contribution in [0.25, 0.3) is 5.76 Å². The maximum Gasteiger partial charge on any atom is 0.184 e. The van der Waals surface area contributed by atoms with E-state index in [2.05, 4.69) is 11.6 Å². The van der Waals surface area contributed by atoms with E-state index in [1.54, 1.807) is 0 Å². The second-order valence-corrected chi connectivity index (χ2v) is 3.16. The summed E-state index contributed by atoms with van der Waals surface area (Å²) in [6.45, 7) is 3.51. The number of anilines is 1. The molecule has 0 unspecified atom stereocenters. The van der Waals surface area contributed by atoms with E-state index in [-0.39, 0.29) is 27.3 Å². The first kappa shape index (κ1) is 11.1. The number of aromatic nitrogens is 1. The quantitative estimate of drug-likeness (QED) is 0.635. The molecule has 0 aliphatic rings. The van der Waals surface area contributed by atoms with Crippen molar-refractivity contribution in [2.45, 2.75) is 0 Å². The highest BCUT2D eigenvalue weighted by Crippen LogP contribution is 2.32. The molecule has 6 heteroatoms. The van der Waals surface area contributed by atoms with Gasteiger partial charge >= 0.3 is 0 Å². The summed E-state index contributed by atoms with van der Waals surface area (Å²) in [5.74, 6) is -0.673. The third kappa shape index (κ3) is 1.76. The highest BCUT2D eigenvalue weighted by atomic mass is 35.5. The van der Waals surface area contributed by atoms with Gasteiger partial charge in [0, 0.05) is 0 Å². The predicted octanol–water partition coefficient (Wildman–Crippen LogP) is 2.73. The Morgan fingerprint density at radius 3 is 2.64 bits per heavy atom. The fraction of sp³-hybridized carbons (Fsp3) is 0.125. The summed E-state index contributed by atoms with van der Waals surface area (Å²) in [6, 6.07) is 0. The van der Waals surface area contributed by atoms with Crippen LogP contribution in [0.5, 0.6) is 0 Å². The van der Waals surface area contributed by atoms with Gasteiger partial charge in [0.2, 0.25) is 0 Å². The lowest BCUT2D eigenvalue weighted by atomic mass is 10.3. The molecule has 0 atom stereocenters. The Balaban J connectivity index is 3.40. The number of hydrogen-bond acceptors (Lipinski definition) is 3. The van der Waals surface area contributed by atoms with Crippen LogP contribution in [0.3, 0.4) is 0 Å². The molecule has 0 radical (unpaired) electrons. The van der Waals surface area contributed by atoms with Gasteiger partial charge in [0.25, 0.3) is 0 Å². The van der Waals surface area contributed by atoms with E-state index in [1.165, 1.54) is 7.11 Å². The standard InChI is InChI=1S/C8H7Cl2FN2O/c1-3(14-2)7-4(9)6(12)5(11)8(10)13-7/h1H2,2H3,(H2,12,13). The van der Waals surface area contributed by atoms with Crippen LogP contribution in [0.15, 0.2) is 6.58 Å². The predicted molar refractivity (Wildman–Crippen MR) is 54.7 cm³/mol. The Morgan fingerprint density at radius 1 is 1.57 bits per heavy atom. The first-order valence-corrected chi connectivity index (χ1v) is 4.27. The van der Waals surface area contributed by atoms with Crippen LogP contribution in [0.4, 0.5) is 10.1 Å². The molecule has 0 aliphatic heterocycles. The fourth-order valence-electron chi connectivity index (χ4n) is 0.813. The first-order chi connectivity index (χ1) is 6.49. The summed E-state index contributed by atoms with van der Waals surface area (Å²) >= 11 is 11.2. The van der Waals surface area contributed by atoms with Crippen molar-refractivity contribution >= 4 is 34.6 Å². The molecule has 1 aromatic heterocycles. The molecule has 0 bridgehead atoms. The Labute approximate surface area is 90.3 Å². The maximum absolute atomic E-state index is 13.1. The SMILES string of the molecule is C=C(OC)c1nc(Cl)c(F)c(N)c1Cl. The molecule has 14 heavy (non-hydrogen) atoms. The van der Waals surface area contributed by atoms with Gasteiger partial charge in [-0.2, -0.15) is 0 Å². The molecule has 0 saturated carbocycles. The molecular formula is C8H7Cl2FN2O. The minimum atomic E-state index is -0.843. The summed E-state index contributed by atoms with van der Waals surface area (Å²) < 4.78 is 17.9. The number of nitrogens with zero attached hydrogens (tertiary/aromatic N) is 1. The largest absolute Gasteiger partial charge is 0.495 e. The van der Waals surface area contributed by atoms with E-state index in [0.29, 0.717) is 0 Å². The average molecular weight is 237 g/mol. The lowest BCUT2D eigenvalue weighted by molar-refractivity contribution is 0.369. The van der Waals surface area contributed by atoms with Gasteiger partial charge in [0.15, 0.2) is 11.0 Å². The van der Waals surface area contributed by atoms with E-state index in [9.17, 15) is 4.39 Å². The van der Waals surface area contributed by atoms with Crippen molar-refractivity contribution in [3.8, 4) is 0 Å². The summed E-state index contributed by atoms with van der Waals surface area (Å²) in [6.07, 6.45) is 0. The average Bonchev–Trinajstić information content (AvgIpc) is 2.19. The van der Waals surface area contributed by atoms with E-state index in [0.717, 1.165) is 0 Å². The Hall–Kier alpha value is -1.00. The molecule has 0 aromatic carbocycles. The zero-order valence-electron chi connectivity index (χ0n) is 7.27. The normalized spacial score (nSPS) is 10.0. The zero-order valence-corrected chi connectivity index (χ0v) is 8.79. The Bertz CT molecular complexity index is 395. The van der Waals surface area contributed by atoms with Crippen LogP contribution < -0.4 is 5.73 Å². The van der Waals surface area contributed by atoms with Gasteiger partial charge < -0.3 is 10.5 Å². The number of methoxy groups -OCH3 is 1. The fourth-order valence-corrected chi connectivity index (χ4v) is 1.23. The highest BCUT2D eigenvalue weighted by molar-refractivity contribution is 6.35. The van der Waals surface area contributed by atoms with Crippen molar-refractivity contribution in [1.82, 2.24) is 4.98 Å². The molecule has 76 valence electrons. The first-order valence-electron chi connectivity index (χ1n) is 3.52. The Morgan fingerprint density at radius 2 is 2.14 bits per heavy atom. The molecule has 1 rings (SSSR count). The summed E-state index contributed by atoms with van der Waals surface area (Å²) in [7, 11) is 1.38. The molecule has 0 saturated heterocycles. The number of halogens is 3. The molecule has 0 amide bonds. The van der Waals surface area contributed by atoms with Gasteiger partial charge in [-0.15, -0.1) is 0 Å². The molecule has 3 nitrogen and oxygen atoms in total. The van der Waals surface area contributed by atoms with Gasteiger partial charge in [-0.05, 0) is 0 Å². The van der Waals surface area contributed by atoms with Crippen LogP contribution in [-0.4, -0.2) is 12.1 Å². The van der Waals surface area contributed by atoms with Gasteiger partial charge in [0.05, 0.1) is 17.8 Å². The zero-order chi connectivity index (χ0) is 10.9. The van der Waals surface area contributed by atoms with Gasteiger partial charge in [-0.3, -0.25) is 0 Å². The van der Waals surface area contributed by atoms with Crippen molar-refractivity contribution in [1.29, 1.82) is 0 Å². The lowest BCUT2D eigenvalue weighted by Crippen LogP contribution is -2.01. The second-order valence-electron chi connectivity index (χ2n) is 2.42. The minimum Gasteiger partial charge on any atom is -0.495 e. The number of nitrogens with two attached hydrogens (primary N) is 1. The number of pyridine rings is 1. The molecule has 0 aliphatic carbocycles. The molecule has 1 aromatic rings. The lowest BCUT2D eigenvalue weighted by Gasteiger charge is -2.09. The van der Waals surface area contributed by atoms with Crippen LogP contribution in [0.1, 0.15) is 5.69 Å². The third-order valence-electron chi connectivity index (χ3n) is 1.58. The van der Waals surface area contributed by atoms with E-state index >= 15 is 0 Å². The van der Waals surface area contributed by atoms with Crippen molar-refractivity contribution < 1.29 is 9.13 Å². The van der Waals surface area contributed by atoms with E-state index in [4.69, 9.17) is 33.7 Å². The Kier molecular flexibility index (Phi) is 3.18. The van der Waals surface area contributed by atoms with Crippen LogP contribution >= 0.6 is 23.2 Å². The van der Waals surface area contributed by atoms with E-state index in [1.807, 2.05) is 0 Å². The number of nitrogen functional groups attached to an aromatic ring is 1. The number of rotatable bonds is 2. The van der Waals surface area contributed by atoms with Crippen molar-refractivity contribution in [3.63, 3.8) is 0 Å². The van der Waals surface area contributed by atoms with Crippen molar-refractivity contribution in [3.05, 3.63) is 28.3 Å². The molecule has 0 spiro atoms. The monoisotopic (exact) mass is 236 g/mol. The molecule has 2 N–H and O–H groups in total. The highest BCUT2D eigenvalue weighted by Gasteiger charge is 2.17. The summed E-state index contributed by atoms with van der Waals surface area (Å²) in [5.41, 5.74) is 5.22. The van der Waals surface area contributed by atoms with Gasteiger partial charge in [0.1, 0.15) is 11.5 Å². The molecule has 0 fully saturated rings. The summed E-state index contributed by atoms with van der Waals surface area (Å²) in [4.78, 5) is 3.66. The maximum atomic E-state index is 13.1. The van der Waals surface area contributed by atoms with Crippen molar-refractivity contribution in [2.75, 3.05) is 12.8 Å². The molecule has 1 heterocycles. The van der Waals surface area contributed by atoms with Crippen LogP contribution in [-0.2, 0) is 4.74 Å². The van der Waals surface area contributed by atoms with Crippen molar-refractivity contribution in [2.24, 2.45) is 0 Å². The van der Waals surface area contributed by atoms with Crippen LogP contribution in [0, 0.1) is 5.82 Å². The smallest absolute Gasteiger partial charge is 0.184 e. The van der Waals surface area contributed by atoms with Gasteiger partial charge in [-0.25, -0.2) is 9.37 Å². The minimum absolute atomic E-state index is 0.0567. The number of hydrogen-bond donors (Lipinski definition) is 1. The molecular weight excluding hydrogens is 230 g/mol. The number of ether oxygens (including phenoxy) is 1.